The SMILES string of the molecule is NC(=O)Cc1ccc(NS(=O)(=O)c2cccc(Cl)c2)cc1. The highest BCUT2D eigenvalue weighted by molar-refractivity contribution is 7.92. The Morgan fingerprint density at radius 1 is 1.14 bits per heavy atom. The van der Waals surface area contributed by atoms with Crippen LogP contribution in [0.15, 0.2) is 53.4 Å². The number of hydrogen-bond donors (Lipinski definition) is 2. The van der Waals surface area contributed by atoms with Crippen LogP contribution in [0.4, 0.5) is 5.69 Å². The molecule has 21 heavy (non-hydrogen) atoms. The van der Waals surface area contributed by atoms with E-state index in [1.165, 1.54) is 12.1 Å². The maximum atomic E-state index is 12.2. The monoisotopic (exact) mass is 324 g/mol. The van der Waals surface area contributed by atoms with Gasteiger partial charge in [0.1, 0.15) is 0 Å². The van der Waals surface area contributed by atoms with E-state index < -0.39 is 15.9 Å². The Hall–Kier alpha value is -2.05. The van der Waals surface area contributed by atoms with Crippen LogP contribution in [0.1, 0.15) is 5.56 Å². The lowest BCUT2D eigenvalue weighted by Crippen LogP contribution is -2.14. The Balaban J connectivity index is 2.19. The number of carbonyl (C=O) groups excluding carboxylic acids is 1. The summed E-state index contributed by atoms with van der Waals surface area (Å²) in [5, 5.41) is 0.342. The van der Waals surface area contributed by atoms with Crippen LogP contribution < -0.4 is 10.5 Å². The van der Waals surface area contributed by atoms with Gasteiger partial charge in [0, 0.05) is 10.7 Å². The largest absolute Gasteiger partial charge is 0.369 e. The van der Waals surface area contributed by atoms with Crippen molar-refractivity contribution in [1.82, 2.24) is 0 Å². The second kappa shape index (κ2) is 6.15. The van der Waals surface area contributed by atoms with Crippen LogP contribution in [0.25, 0.3) is 0 Å². The number of rotatable bonds is 5. The predicted molar refractivity (Wildman–Crippen MR) is 81.6 cm³/mol. The summed E-state index contributed by atoms with van der Waals surface area (Å²) in [7, 11) is -3.70. The number of benzene rings is 2. The van der Waals surface area contributed by atoms with Gasteiger partial charge >= 0.3 is 0 Å². The Morgan fingerprint density at radius 3 is 2.38 bits per heavy atom. The number of nitrogens with two attached hydrogens (primary N) is 1. The topological polar surface area (TPSA) is 89.3 Å². The molecule has 2 rings (SSSR count). The molecule has 0 aliphatic carbocycles. The molecule has 2 aromatic carbocycles. The molecule has 0 radical (unpaired) electrons. The number of halogens is 1. The minimum atomic E-state index is -3.70. The minimum Gasteiger partial charge on any atom is -0.369 e. The molecule has 2 aromatic rings. The molecular formula is C14H13ClN2O3S. The van der Waals surface area contributed by atoms with Crippen molar-refractivity contribution in [3.63, 3.8) is 0 Å². The van der Waals surface area contributed by atoms with Crippen LogP contribution in [0.3, 0.4) is 0 Å². The molecular weight excluding hydrogens is 312 g/mol. The van der Waals surface area contributed by atoms with Gasteiger partial charge in [-0.25, -0.2) is 8.42 Å². The van der Waals surface area contributed by atoms with Gasteiger partial charge in [0.05, 0.1) is 11.3 Å². The number of sulfonamides is 1. The first-order chi connectivity index (χ1) is 9.87. The zero-order valence-electron chi connectivity index (χ0n) is 10.9. The molecule has 0 fully saturated rings. The van der Waals surface area contributed by atoms with E-state index in [1.54, 1.807) is 36.4 Å². The first-order valence-corrected chi connectivity index (χ1v) is 7.88. The Kier molecular flexibility index (Phi) is 4.50. The van der Waals surface area contributed by atoms with Crippen LogP contribution in [0, 0.1) is 0 Å². The van der Waals surface area contributed by atoms with Crippen LogP contribution in [0.2, 0.25) is 5.02 Å². The van der Waals surface area contributed by atoms with Crippen molar-refractivity contribution in [2.75, 3.05) is 4.72 Å². The fraction of sp³-hybridized carbons (Fsp3) is 0.0714. The normalized spacial score (nSPS) is 11.1. The van der Waals surface area contributed by atoms with E-state index in [-0.39, 0.29) is 11.3 Å². The second-order valence-electron chi connectivity index (χ2n) is 4.40. The third kappa shape index (κ3) is 4.21. The maximum Gasteiger partial charge on any atom is 0.261 e. The van der Waals surface area contributed by atoms with E-state index in [2.05, 4.69) is 4.72 Å². The fourth-order valence-corrected chi connectivity index (χ4v) is 3.10. The van der Waals surface area contributed by atoms with Gasteiger partial charge in [0.25, 0.3) is 10.0 Å². The number of anilines is 1. The molecule has 3 N–H and O–H groups in total. The van der Waals surface area contributed by atoms with Crippen LogP contribution in [-0.4, -0.2) is 14.3 Å². The highest BCUT2D eigenvalue weighted by Gasteiger charge is 2.14. The van der Waals surface area contributed by atoms with Gasteiger partial charge in [0.2, 0.25) is 5.91 Å². The molecule has 0 spiro atoms. The molecule has 0 bridgehead atoms. The molecule has 5 nitrogen and oxygen atoms in total. The molecule has 0 saturated carbocycles. The summed E-state index contributed by atoms with van der Waals surface area (Å²) in [6.45, 7) is 0. The average Bonchev–Trinajstić information content (AvgIpc) is 2.40. The van der Waals surface area contributed by atoms with Crippen molar-refractivity contribution in [2.24, 2.45) is 5.73 Å². The first kappa shape index (κ1) is 15.3. The van der Waals surface area contributed by atoms with E-state index in [0.717, 1.165) is 0 Å². The van der Waals surface area contributed by atoms with Gasteiger partial charge in [-0.3, -0.25) is 9.52 Å². The van der Waals surface area contributed by atoms with Crippen molar-refractivity contribution in [2.45, 2.75) is 11.3 Å². The van der Waals surface area contributed by atoms with E-state index in [1.807, 2.05) is 0 Å². The summed E-state index contributed by atoms with van der Waals surface area (Å²) in [6, 6.07) is 12.4. The number of amides is 1. The number of carbonyl (C=O) groups is 1. The van der Waals surface area contributed by atoms with Crippen LogP contribution >= 0.6 is 11.6 Å². The fourth-order valence-electron chi connectivity index (χ4n) is 1.74. The van der Waals surface area contributed by atoms with E-state index in [9.17, 15) is 13.2 Å². The molecule has 0 atom stereocenters. The molecule has 0 unspecified atom stereocenters. The third-order valence-electron chi connectivity index (χ3n) is 2.69. The van der Waals surface area contributed by atoms with Crippen LogP contribution in [-0.2, 0) is 21.2 Å². The summed E-state index contributed by atoms with van der Waals surface area (Å²) in [5.74, 6) is -0.442. The zero-order chi connectivity index (χ0) is 15.5. The smallest absolute Gasteiger partial charge is 0.261 e. The van der Waals surface area contributed by atoms with E-state index in [4.69, 9.17) is 17.3 Å². The number of nitrogens with one attached hydrogen (secondary N) is 1. The predicted octanol–water partition coefficient (Wildman–Crippen LogP) is 2.17. The molecule has 7 heteroatoms. The minimum absolute atomic E-state index is 0.0798. The third-order valence-corrected chi connectivity index (χ3v) is 4.30. The lowest BCUT2D eigenvalue weighted by atomic mass is 10.1. The van der Waals surface area contributed by atoms with Gasteiger partial charge in [0.15, 0.2) is 0 Å². The molecule has 0 aliphatic rings. The Labute approximate surface area is 127 Å². The van der Waals surface area contributed by atoms with Crippen molar-refractivity contribution in [3.8, 4) is 0 Å². The Morgan fingerprint density at radius 2 is 1.81 bits per heavy atom. The van der Waals surface area contributed by atoms with Crippen molar-refractivity contribution >= 4 is 33.2 Å². The molecule has 0 aliphatic heterocycles. The van der Waals surface area contributed by atoms with Gasteiger partial charge in [-0.05, 0) is 35.9 Å². The molecule has 0 saturated heterocycles. The lowest BCUT2D eigenvalue weighted by molar-refractivity contribution is -0.117. The summed E-state index contributed by atoms with van der Waals surface area (Å²) in [5.41, 5.74) is 6.20. The quantitative estimate of drug-likeness (QED) is 0.883. The number of primary amides is 1. The number of hydrogen-bond acceptors (Lipinski definition) is 3. The zero-order valence-corrected chi connectivity index (χ0v) is 12.5. The van der Waals surface area contributed by atoms with Gasteiger partial charge in [-0.2, -0.15) is 0 Å². The summed E-state index contributed by atoms with van der Waals surface area (Å²) < 4.78 is 26.8. The Bertz CT molecular complexity index is 758. The van der Waals surface area contributed by atoms with Gasteiger partial charge in [-0.15, -0.1) is 0 Å². The summed E-state index contributed by atoms with van der Waals surface area (Å²) in [6.07, 6.45) is 0.112. The first-order valence-electron chi connectivity index (χ1n) is 6.02. The van der Waals surface area contributed by atoms with Crippen molar-refractivity contribution < 1.29 is 13.2 Å². The van der Waals surface area contributed by atoms with E-state index in [0.29, 0.717) is 16.3 Å². The van der Waals surface area contributed by atoms with Crippen molar-refractivity contribution in [3.05, 3.63) is 59.1 Å². The average molecular weight is 325 g/mol. The highest BCUT2D eigenvalue weighted by Crippen LogP contribution is 2.19. The van der Waals surface area contributed by atoms with Gasteiger partial charge < -0.3 is 5.73 Å². The molecule has 1 amide bonds. The lowest BCUT2D eigenvalue weighted by Gasteiger charge is -2.09. The van der Waals surface area contributed by atoms with E-state index >= 15 is 0 Å². The molecule has 0 heterocycles. The summed E-state index contributed by atoms with van der Waals surface area (Å²) >= 11 is 5.79. The van der Waals surface area contributed by atoms with Gasteiger partial charge in [-0.1, -0.05) is 29.8 Å². The highest BCUT2D eigenvalue weighted by atomic mass is 35.5. The molecule has 0 aromatic heterocycles. The summed E-state index contributed by atoms with van der Waals surface area (Å²) in [4.78, 5) is 10.9. The standard InChI is InChI=1S/C14H13ClN2O3S/c15-11-2-1-3-13(9-11)21(19,20)17-12-6-4-10(5-7-12)8-14(16)18/h1-7,9,17H,8H2,(H2,16,18). The maximum absolute atomic E-state index is 12.2. The van der Waals surface area contributed by atoms with Crippen LogP contribution in [0.5, 0.6) is 0 Å². The van der Waals surface area contributed by atoms with Crippen molar-refractivity contribution in [1.29, 1.82) is 0 Å². The molecule has 110 valence electrons. The second-order valence-corrected chi connectivity index (χ2v) is 6.52.